The molecule has 2 aromatic carbocycles. The highest BCUT2D eigenvalue weighted by Crippen LogP contribution is 2.29. The highest BCUT2D eigenvalue weighted by atomic mass is 19.1. The van der Waals surface area contributed by atoms with Crippen molar-refractivity contribution in [2.75, 3.05) is 0 Å². The van der Waals surface area contributed by atoms with E-state index in [4.69, 9.17) is 0 Å². The summed E-state index contributed by atoms with van der Waals surface area (Å²) in [5, 5.41) is 4.62. The van der Waals surface area contributed by atoms with Crippen molar-refractivity contribution in [3.05, 3.63) is 78.2 Å². The van der Waals surface area contributed by atoms with Crippen LogP contribution in [0, 0.1) is 26.6 Å². The molecule has 0 aliphatic rings. The minimum atomic E-state index is -0.233. The molecular formula is C19H18FN2. The molecule has 0 spiro atoms. The topological polar surface area (TPSA) is 17.8 Å². The van der Waals surface area contributed by atoms with Crippen LogP contribution in [0.3, 0.4) is 0 Å². The van der Waals surface area contributed by atoms with E-state index < -0.39 is 0 Å². The van der Waals surface area contributed by atoms with Gasteiger partial charge in [0.1, 0.15) is 5.82 Å². The quantitative estimate of drug-likeness (QED) is 0.686. The number of hydrogen-bond donors (Lipinski definition) is 0. The summed E-state index contributed by atoms with van der Waals surface area (Å²) in [6.45, 7) is 7.85. The molecular weight excluding hydrogens is 275 g/mol. The number of aromatic nitrogens is 2. The Morgan fingerprint density at radius 3 is 2.45 bits per heavy atom. The maximum absolute atomic E-state index is 13.5. The molecule has 0 fully saturated rings. The Kier molecular flexibility index (Phi) is 3.80. The van der Waals surface area contributed by atoms with Gasteiger partial charge in [-0.05, 0) is 62.6 Å². The summed E-state index contributed by atoms with van der Waals surface area (Å²) in [5.41, 5.74) is 5.93. The molecule has 3 heteroatoms. The SMILES string of the molecule is [CH2]Cc1ccc(-n2nc(C)c(-c3cccc(F)c3)c2C)cc1. The largest absolute Gasteiger partial charge is 0.237 e. The smallest absolute Gasteiger partial charge is 0.123 e. The van der Waals surface area contributed by atoms with Crippen molar-refractivity contribution in [3.63, 3.8) is 0 Å². The Bertz CT molecular complexity index is 801. The first-order valence-corrected chi connectivity index (χ1v) is 7.31. The lowest BCUT2D eigenvalue weighted by atomic mass is 10.0. The Morgan fingerprint density at radius 2 is 1.82 bits per heavy atom. The van der Waals surface area contributed by atoms with Gasteiger partial charge in [0.05, 0.1) is 11.4 Å². The van der Waals surface area contributed by atoms with E-state index in [1.54, 1.807) is 12.1 Å². The third kappa shape index (κ3) is 2.54. The van der Waals surface area contributed by atoms with Crippen molar-refractivity contribution < 1.29 is 4.39 Å². The molecule has 0 aliphatic carbocycles. The van der Waals surface area contributed by atoms with Gasteiger partial charge in [-0.2, -0.15) is 5.10 Å². The van der Waals surface area contributed by atoms with E-state index >= 15 is 0 Å². The first-order valence-electron chi connectivity index (χ1n) is 7.31. The van der Waals surface area contributed by atoms with E-state index in [1.807, 2.05) is 36.7 Å². The lowest BCUT2D eigenvalue weighted by Gasteiger charge is -2.07. The number of rotatable bonds is 3. The molecule has 111 valence electrons. The molecule has 0 amide bonds. The van der Waals surface area contributed by atoms with Crippen LogP contribution in [-0.2, 0) is 6.42 Å². The molecule has 3 aromatic rings. The summed E-state index contributed by atoms with van der Waals surface area (Å²) in [5.74, 6) is -0.233. The van der Waals surface area contributed by atoms with Crippen molar-refractivity contribution >= 4 is 0 Å². The Morgan fingerprint density at radius 1 is 1.09 bits per heavy atom. The van der Waals surface area contributed by atoms with Crippen LogP contribution in [0.1, 0.15) is 17.0 Å². The van der Waals surface area contributed by atoms with Crippen molar-refractivity contribution in [2.24, 2.45) is 0 Å². The molecule has 3 rings (SSSR count). The van der Waals surface area contributed by atoms with Gasteiger partial charge in [0, 0.05) is 11.3 Å². The number of benzene rings is 2. The number of aryl methyl sites for hydroxylation is 1. The second kappa shape index (κ2) is 5.76. The minimum Gasteiger partial charge on any atom is -0.237 e. The van der Waals surface area contributed by atoms with Crippen LogP contribution in [0.5, 0.6) is 0 Å². The van der Waals surface area contributed by atoms with Crippen LogP contribution in [-0.4, -0.2) is 9.78 Å². The monoisotopic (exact) mass is 293 g/mol. The Hall–Kier alpha value is -2.42. The van der Waals surface area contributed by atoms with Crippen LogP contribution < -0.4 is 0 Å². The van der Waals surface area contributed by atoms with E-state index in [0.717, 1.165) is 34.6 Å². The van der Waals surface area contributed by atoms with Crippen molar-refractivity contribution in [3.8, 4) is 16.8 Å². The zero-order chi connectivity index (χ0) is 15.7. The second-order valence-corrected chi connectivity index (χ2v) is 5.38. The Labute approximate surface area is 130 Å². The van der Waals surface area contributed by atoms with E-state index in [1.165, 1.54) is 11.6 Å². The summed E-state index contributed by atoms with van der Waals surface area (Å²) in [7, 11) is 0. The second-order valence-electron chi connectivity index (χ2n) is 5.38. The molecule has 0 saturated heterocycles. The number of halogens is 1. The fraction of sp³-hybridized carbons (Fsp3) is 0.158. The van der Waals surface area contributed by atoms with Gasteiger partial charge in [0.15, 0.2) is 0 Å². The van der Waals surface area contributed by atoms with Gasteiger partial charge >= 0.3 is 0 Å². The third-order valence-corrected chi connectivity index (χ3v) is 3.87. The molecule has 0 saturated carbocycles. The van der Waals surface area contributed by atoms with Crippen LogP contribution in [0.25, 0.3) is 16.8 Å². The standard InChI is InChI=1S/C19H18FN2/c1-4-15-8-10-18(11-9-15)22-14(3)19(13(2)21-22)16-6-5-7-17(20)12-16/h5-12H,1,4H2,2-3H3. The molecule has 0 N–H and O–H groups in total. The fourth-order valence-corrected chi connectivity index (χ4v) is 2.76. The van der Waals surface area contributed by atoms with E-state index in [-0.39, 0.29) is 5.82 Å². The summed E-state index contributed by atoms with van der Waals surface area (Å²) in [6, 6.07) is 14.8. The predicted octanol–water partition coefficient (Wildman–Crippen LogP) is 4.67. The van der Waals surface area contributed by atoms with Crippen molar-refractivity contribution in [1.29, 1.82) is 0 Å². The molecule has 0 bridgehead atoms. The zero-order valence-electron chi connectivity index (χ0n) is 12.8. The summed E-state index contributed by atoms with van der Waals surface area (Å²) < 4.78 is 15.4. The normalized spacial score (nSPS) is 10.9. The van der Waals surface area contributed by atoms with Gasteiger partial charge < -0.3 is 0 Å². The summed E-state index contributed by atoms with van der Waals surface area (Å²) in [6.07, 6.45) is 0.770. The summed E-state index contributed by atoms with van der Waals surface area (Å²) >= 11 is 0. The lowest BCUT2D eigenvalue weighted by Crippen LogP contribution is -1.99. The zero-order valence-corrected chi connectivity index (χ0v) is 12.8. The van der Waals surface area contributed by atoms with Crippen LogP contribution in [0.15, 0.2) is 48.5 Å². The average Bonchev–Trinajstić information content (AvgIpc) is 2.82. The van der Waals surface area contributed by atoms with Gasteiger partial charge in [0.25, 0.3) is 0 Å². The fourth-order valence-electron chi connectivity index (χ4n) is 2.76. The molecule has 2 nitrogen and oxygen atoms in total. The van der Waals surface area contributed by atoms with Crippen LogP contribution in [0.4, 0.5) is 4.39 Å². The molecule has 0 unspecified atom stereocenters. The predicted molar refractivity (Wildman–Crippen MR) is 87.5 cm³/mol. The molecule has 1 radical (unpaired) electrons. The highest BCUT2D eigenvalue weighted by molar-refractivity contribution is 5.69. The highest BCUT2D eigenvalue weighted by Gasteiger charge is 2.14. The summed E-state index contributed by atoms with van der Waals surface area (Å²) in [4.78, 5) is 0. The van der Waals surface area contributed by atoms with Gasteiger partial charge in [-0.3, -0.25) is 0 Å². The first kappa shape index (κ1) is 14.5. The maximum atomic E-state index is 13.5. The minimum absolute atomic E-state index is 0.233. The van der Waals surface area contributed by atoms with Crippen molar-refractivity contribution in [2.45, 2.75) is 20.3 Å². The van der Waals surface area contributed by atoms with Gasteiger partial charge in [-0.15, -0.1) is 0 Å². The molecule has 1 aromatic heterocycles. The lowest BCUT2D eigenvalue weighted by molar-refractivity contribution is 0.628. The molecule has 1 heterocycles. The van der Waals surface area contributed by atoms with Crippen LogP contribution >= 0.6 is 0 Å². The third-order valence-electron chi connectivity index (χ3n) is 3.87. The van der Waals surface area contributed by atoms with Crippen LogP contribution in [0.2, 0.25) is 0 Å². The molecule has 0 aliphatic heterocycles. The van der Waals surface area contributed by atoms with E-state index in [2.05, 4.69) is 24.2 Å². The van der Waals surface area contributed by atoms with E-state index in [9.17, 15) is 4.39 Å². The molecule has 0 atom stereocenters. The Balaban J connectivity index is 2.10. The van der Waals surface area contributed by atoms with Gasteiger partial charge in [0.2, 0.25) is 0 Å². The van der Waals surface area contributed by atoms with Gasteiger partial charge in [-0.25, -0.2) is 9.07 Å². The van der Waals surface area contributed by atoms with E-state index in [0.29, 0.717) is 0 Å². The average molecular weight is 293 g/mol. The molecule has 22 heavy (non-hydrogen) atoms. The van der Waals surface area contributed by atoms with Gasteiger partial charge in [-0.1, -0.05) is 24.3 Å². The first-order chi connectivity index (χ1) is 10.6. The van der Waals surface area contributed by atoms with Crippen molar-refractivity contribution in [1.82, 2.24) is 9.78 Å². The maximum Gasteiger partial charge on any atom is 0.123 e. The number of hydrogen-bond acceptors (Lipinski definition) is 1. The number of nitrogens with zero attached hydrogens (tertiary/aromatic N) is 2.